The summed E-state index contributed by atoms with van der Waals surface area (Å²) in [6, 6.07) is 0. The van der Waals surface area contributed by atoms with Gasteiger partial charge in [0, 0.05) is 33.2 Å². The molecule has 0 saturated carbocycles. The van der Waals surface area contributed by atoms with Crippen LogP contribution in [0.1, 0.15) is 0 Å². The molecule has 1 fully saturated rings. The van der Waals surface area contributed by atoms with E-state index in [1.807, 2.05) is 0 Å². The molecule has 3 N–H and O–H groups in total. The van der Waals surface area contributed by atoms with Crippen LogP contribution in [0.2, 0.25) is 0 Å². The van der Waals surface area contributed by atoms with Crippen LogP contribution >= 0.6 is 0 Å². The van der Waals surface area contributed by atoms with Gasteiger partial charge in [0.05, 0.1) is 25.9 Å². The summed E-state index contributed by atoms with van der Waals surface area (Å²) in [7, 11) is 1.59. The molecule has 1 rings (SSSR count). The monoisotopic (exact) mass is 231 g/mol. The number of ether oxygens (including phenoxy) is 1. The normalized spacial score (nSPS) is 19.4. The average Bonchev–Trinajstić information content (AvgIpc) is 2.30. The molecule has 0 spiro atoms. The zero-order chi connectivity index (χ0) is 11.8. The Balaban J connectivity index is 2.05. The number of aliphatic hydroxyl groups excluding tert-OH is 1. The summed E-state index contributed by atoms with van der Waals surface area (Å²) in [6.45, 7) is 4.52. The first-order valence-electron chi connectivity index (χ1n) is 5.62. The number of amides is 1. The Kier molecular flexibility index (Phi) is 6.32. The zero-order valence-electron chi connectivity index (χ0n) is 9.74. The maximum Gasteiger partial charge on any atom is 0.233 e. The highest BCUT2D eigenvalue weighted by molar-refractivity contribution is 5.77. The first-order chi connectivity index (χ1) is 7.72. The van der Waals surface area contributed by atoms with Crippen molar-refractivity contribution >= 4 is 5.91 Å². The van der Waals surface area contributed by atoms with E-state index in [0.717, 1.165) is 26.3 Å². The van der Waals surface area contributed by atoms with Crippen molar-refractivity contribution < 1.29 is 14.6 Å². The van der Waals surface area contributed by atoms with E-state index in [-0.39, 0.29) is 12.5 Å². The quantitative estimate of drug-likeness (QED) is 0.494. The minimum atomic E-state index is -0.442. The predicted octanol–water partition coefficient (Wildman–Crippen LogP) is -1.98. The molecular formula is C10H21N3O3. The molecule has 0 aromatic rings. The van der Waals surface area contributed by atoms with Crippen molar-refractivity contribution in [1.82, 2.24) is 15.5 Å². The number of likely N-dealkylation sites (N-methyl/N-ethyl adjacent to an activating group) is 1. The fourth-order valence-corrected chi connectivity index (χ4v) is 1.59. The van der Waals surface area contributed by atoms with Gasteiger partial charge in [0.15, 0.2) is 0 Å². The molecule has 1 atom stereocenters. The van der Waals surface area contributed by atoms with E-state index < -0.39 is 6.10 Å². The topological polar surface area (TPSA) is 73.8 Å². The largest absolute Gasteiger partial charge is 0.390 e. The molecule has 1 amide bonds. The number of morpholine rings is 1. The lowest BCUT2D eigenvalue weighted by Crippen LogP contribution is -2.44. The van der Waals surface area contributed by atoms with Crippen LogP contribution in [0.5, 0.6) is 0 Å². The van der Waals surface area contributed by atoms with Crippen molar-refractivity contribution in [2.45, 2.75) is 6.10 Å². The third kappa shape index (κ3) is 5.41. The number of carbonyl (C=O) groups excluding carboxylic acids is 1. The Labute approximate surface area is 95.9 Å². The van der Waals surface area contributed by atoms with Gasteiger partial charge in [-0.15, -0.1) is 0 Å². The molecule has 0 aliphatic carbocycles. The molecule has 16 heavy (non-hydrogen) atoms. The first-order valence-corrected chi connectivity index (χ1v) is 5.62. The molecule has 1 unspecified atom stereocenters. The highest BCUT2D eigenvalue weighted by Crippen LogP contribution is 1.97. The van der Waals surface area contributed by atoms with Crippen LogP contribution in [0, 0.1) is 0 Å². The molecular weight excluding hydrogens is 210 g/mol. The van der Waals surface area contributed by atoms with Crippen LogP contribution in [0.4, 0.5) is 0 Å². The molecule has 0 bridgehead atoms. The van der Waals surface area contributed by atoms with Gasteiger partial charge in [-0.25, -0.2) is 0 Å². The minimum absolute atomic E-state index is 0.0708. The van der Waals surface area contributed by atoms with Crippen molar-refractivity contribution in [2.24, 2.45) is 0 Å². The second-order valence-corrected chi connectivity index (χ2v) is 3.87. The fraction of sp³-hybridized carbons (Fsp3) is 0.900. The minimum Gasteiger partial charge on any atom is -0.390 e. The number of nitrogens with zero attached hydrogens (tertiary/aromatic N) is 1. The SMILES string of the molecule is CNC(=O)CNCC(O)CN1CCOCC1. The van der Waals surface area contributed by atoms with Crippen molar-refractivity contribution in [1.29, 1.82) is 0 Å². The molecule has 1 heterocycles. The van der Waals surface area contributed by atoms with Gasteiger partial charge in [-0.3, -0.25) is 9.69 Å². The molecule has 94 valence electrons. The lowest BCUT2D eigenvalue weighted by atomic mass is 10.3. The molecule has 1 aliphatic heterocycles. The van der Waals surface area contributed by atoms with Crippen molar-refractivity contribution in [2.75, 3.05) is 53.0 Å². The Hall–Kier alpha value is -0.690. The van der Waals surface area contributed by atoms with E-state index >= 15 is 0 Å². The maximum absolute atomic E-state index is 10.9. The van der Waals surface area contributed by atoms with Gasteiger partial charge < -0.3 is 20.5 Å². The maximum atomic E-state index is 10.9. The van der Waals surface area contributed by atoms with Gasteiger partial charge in [0.2, 0.25) is 5.91 Å². The Morgan fingerprint density at radius 2 is 2.19 bits per heavy atom. The fourth-order valence-electron chi connectivity index (χ4n) is 1.59. The second kappa shape index (κ2) is 7.56. The lowest BCUT2D eigenvalue weighted by Gasteiger charge is -2.28. The van der Waals surface area contributed by atoms with Crippen molar-refractivity contribution in [3.05, 3.63) is 0 Å². The molecule has 0 aromatic carbocycles. The molecule has 6 nitrogen and oxygen atoms in total. The Morgan fingerprint density at radius 1 is 1.50 bits per heavy atom. The van der Waals surface area contributed by atoms with Crippen molar-refractivity contribution in [3.8, 4) is 0 Å². The molecule has 1 aliphatic rings. The predicted molar refractivity (Wildman–Crippen MR) is 60.2 cm³/mol. The number of β-amino-alcohol motifs (C(OH)–C–C–N with tert-alkyl or cyclic N) is 1. The summed E-state index contributed by atoms with van der Waals surface area (Å²) in [5, 5.41) is 15.1. The third-order valence-electron chi connectivity index (χ3n) is 2.52. The first kappa shape index (κ1) is 13.4. The number of carbonyl (C=O) groups is 1. The van der Waals surface area contributed by atoms with E-state index in [1.165, 1.54) is 0 Å². The van der Waals surface area contributed by atoms with E-state index in [4.69, 9.17) is 4.74 Å². The number of hydrogen-bond acceptors (Lipinski definition) is 5. The second-order valence-electron chi connectivity index (χ2n) is 3.87. The summed E-state index contributed by atoms with van der Waals surface area (Å²) in [5.41, 5.74) is 0. The van der Waals surface area contributed by atoms with Gasteiger partial charge in [-0.2, -0.15) is 0 Å². The van der Waals surface area contributed by atoms with Gasteiger partial charge in [-0.05, 0) is 0 Å². The number of rotatable bonds is 6. The van der Waals surface area contributed by atoms with Gasteiger partial charge in [0.1, 0.15) is 0 Å². The van der Waals surface area contributed by atoms with E-state index in [2.05, 4.69) is 15.5 Å². The van der Waals surface area contributed by atoms with E-state index in [9.17, 15) is 9.90 Å². The summed E-state index contributed by atoms with van der Waals surface area (Å²) in [4.78, 5) is 13.1. The van der Waals surface area contributed by atoms with Gasteiger partial charge in [-0.1, -0.05) is 0 Å². The van der Waals surface area contributed by atoms with Crippen LogP contribution in [0.15, 0.2) is 0 Å². The standard InChI is InChI=1S/C10H21N3O3/c1-11-10(15)7-12-6-9(14)8-13-2-4-16-5-3-13/h9,12,14H,2-8H2,1H3,(H,11,15). The molecule has 6 heteroatoms. The summed E-state index contributed by atoms with van der Waals surface area (Å²) >= 11 is 0. The zero-order valence-corrected chi connectivity index (χ0v) is 9.74. The highest BCUT2D eigenvalue weighted by Gasteiger charge is 2.14. The lowest BCUT2D eigenvalue weighted by molar-refractivity contribution is -0.119. The smallest absolute Gasteiger partial charge is 0.233 e. The van der Waals surface area contributed by atoms with Gasteiger partial charge in [0.25, 0.3) is 0 Å². The summed E-state index contributed by atoms with van der Waals surface area (Å²) in [6.07, 6.45) is -0.442. The number of aliphatic hydroxyl groups is 1. The average molecular weight is 231 g/mol. The van der Waals surface area contributed by atoms with Crippen LogP contribution < -0.4 is 10.6 Å². The van der Waals surface area contributed by atoms with Crippen LogP contribution in [-0.2, 0) is 9.53 Å². The summed E-state index contributed by atoms with van der Waals surface area (Å²) < 4.78 is 5.22. The van der Waals surface area contributed by atoms with Crippen molar-refractivity contribution in [3.63, 3.8) is 0 Å². The highest BCUT2D eigenvalue weighted by atomic mass is 16.5. The van der Waals surface area contributed by atoms with E-state index in [1.54, 1.807) is 7.05 Å². The van der Waals surface area contributed by atoms with Crippen LogP contribution in [-0.4, -0.2) is 75.0 Å². The third-order valence-corrected chi connectivity index (χ3v) is 2.52. The van der Waals surface area contributed by atoms with Crippen LogP contribution in [0.3, 0.4) is 0 Å². The van der Waals surface area contributed by atoms with Crippen LogP contribution in [0.25, 0.3) is 0 Å². The number of hydrogen-bond donors (Lipinski definition) is 3. The van der Waals surface area contributed by atoms with E-state index in [0.29, 0.717) is 13.1 Å². The Bertz CT molecular complexity index is 207. The number of nitrogens with one attached hydrogen (secondary N) is 2. The molecule has 0 aromatic heterocycles. The van der Waals surface area contributed by atoms with Gasteiger partial charge >= 0.3 is 0 Å². The molecule has 1 saturated heterocycles. The molecule has 0 radical (unpaired) electrons. The Morgan fingerprint density at radius 3 is 2.81 bits per heavy atom. The summed E-state index contributed by atoms with van der Waals surface area (Å²) in [5.74, 6) is -0.0708.